The summed E-state index contributed by atoms with van der Waals surface area (Å²) in [6.45, 7) is 6.06. The van der Waals surface area contributed by atoms with Gasteiger partial charge in [0.25, 0.3) is 10.0 Å². The summed E-state index contributed by atoms with van der Waals surface area (Å²) in [4.78, 5) is 2.70. The second-order valence-corrected chi connectivity index (χ2v) is 11.3. The Morgan fingerprint density at radius 1 is 0.914 bits per heavy atom. The molecule has 5 nitrogen and oxygen atoms in total. The van der Waals surface area contributed by atoms with Crippen LogP contribution in [0.1, 0.15) is 36.8 Å². The Morgan fingerprint density at radius 3 is 2.34 bits per heavy atom. The zero-order valence-corrected chi connectivity index (χ0v) is 21.8. The van der Waals surface area contributed by atoms with Crippen LogP contribution in [-0.4, -0.2) is 39.6 Å². The summed E-state index contributed by atoms with van der Waals surface area (Å²) in [5, 5.41) is 0.495. The number of benzene rings is 3. The standard InChI is InChI=1S/C28H33ClN2O3S/c1-23-10-3-5-12-27(23)31(35(32,33)26-16-14-25(29)15-17-26)22-24-11-4-6-13-28(24)34-21-9-20-30-18-7-2-8-19-30/h3-6,10-17H,2,7-9,18-22H2,1H3. The quantitative estimate of drug-likeness (QED) is 0.299. The maximum atomic E-state index is 13.8. The van der Waals surface area contributed by atoms with Crippen LogP contribution in [0.5, 0.6) is 5.75 Å². The lowest BCUT2D eigenvalue weighted by Crippen LogP contribution is -2.32. The fourth-order valence-electron chi connectivity index (χ4n) is 4.46. The van der Waals surface area contributed by atoms with Crippen molar-refractivity contribution in [1.82, 2.24) is 4.90 Å². The van der Waals surface area contributed by atoms with Gasteiger partial charge in [-0.3, -0.25) is 4.31 Å². The Labute approximate surface area is 214 Å². The maximum absolute atomic E-state index is 13.8. The molecule has 7 heteroatoms. The fourth-order valence-corrected chi connectivity index (χ4v) is 6.09. The van der Waals surface area contributed by atoms with Crippen LogP contribution in [-0.2, 0) is 16.6 Å². The molecule has 0 aromatic heterocycles. The molecular weight excluding hydrogens is 480 g/mol. The number of halogens is 1. The zero-order chi connectivity index (χ0) is 24.7. The van der Waals surface area contributed by atoms with Crippen molar-refractivity contribution in [2.45, 2.75) is 44.0 Å². The van der Waals surface area contributed by atoms with Crippen molar-refractivity contribution in [3.63, 3.8) is 0 Å². The van der Waals surface area contributed by atoms with E-state index in [4.69, 9.17) is 16.3 Å². The summed E-state index contributed by atoms with van der Waals surface area (Å²) in [6, 6.07) is 21.5. The Morgan fingerprint density at radius 2 is 1.60 bits per heavy atom. The van der Waals surface area contributed by atoms with E-state index in [1.54, 1.807) is 24.3 Å². The van der Waals surface area contributed by atoms with Crippen molar-refractivity contribution < 1.29 is 13.2 Å². The summed E-state index contributed by atoms with van der Waals surface area (Å²) in [7, 11) is -3.84. The minimum absolute atomic E-state index is 0.165. The van der Waals surface area contributed by atoms with Crippen molar-refractivity contribution in [2.75, 3.05) is 30.5 Å². The molecule has 0 unspecified atom stereocenters. The predicted molar refractivity (Wildman–Crippen MR) is 143 cm³/mol. The monoisotopic (exact) mass is 512 g/mol. The number of piperidine rings is 1. The highest BCUT2D eigenvalue weighted by Gasteiger charge is 2.27. The number of rotatable bonds is 10. The first-order valence-corrected chi connectivity index (χ1v) is 14.0. The zero-order valence-electron chi connectivity index (χ0n) is 20.2. The van der Waals surface area contributed by atoms with E-state index in [1.165, 1.54) is 36.7 Å². The van der Waals surface area contributed by atoms with Gasteiger partial charge in [-0.1, -0.05) is 54.4 Å². The van der Waals surface area contributed by atoms with Crippen molar-refractivity contribution in [1.29, 1.82) is 0 Å². The number of sulfonamides is 1. The second-order valence-electron chi connectivity index (χ2n) is 8.96. The molecule has 0 aliphatic carbocycles. The van der Waals surface area contributed by atoms with Crippen molar-refractivity contribution in [3.05, 3.63) is 88.9 Å². The number of anilines is 1. The molecule has 186 valence electrons. The first-order chi connectivity index (χ1) is 16.9. The molecular formula is C28H33ClN2O3S. The van der Waals surface area contributed by atoms with Gasteiger partial charge in [-0.25, -0.2) is 8.42 Å². The third-order valence-electron chi connectivity index (χ3n) is 6.40. The van der Waals surface area contributed by atoms with E-state index in [-0.39, 0.29) is 11.4 Å². The van der Waals surface area contributed by atoms with Crippen LogP contribution in [0, 0.1) is 6.92 Å². The third-order valence-corrected chi connectivity index (χ3v) is 8.42. The summed E-state index contributed by atoms with van der Waals surface area (Å²) >= 11 is 6.02. The summed E-state index contributed by atoms with van der Waals surface area (Å²) in [6.07, 6.45) is 4.83. The van der Waals surface area contributed by atoms with Gasteiger partial charge in [0, 0.05) is 17.1 Å². The highest BCUT2D eigenvalue weighted by molar-refractivity contribution is 7.92. The highest BCUT2D eigenvalue weighted by Crippen LogP contribution is 2.31. The molecule has 0 N–H and O–H groups in total. The van der Waals surface area contributed by atoms with Crippen LogP contribution >= 0.6 is 11.6 Å². The molecule has 0 saturated carbocycles. The molecule has 0 spiro atoms. The topological polar surface area (TPSA) is 49.9 Å². The van der Waals surface area contributed by atoms with Gasteiger partial charge in [0.15, 0.2) is 0 Å². The minimum Gasteiger partial charge on any atom is -0.493 e. The first kappa shape index (κ1) is 25.5. The van der Waals surface area contributed by atoms with Crippen LogP contribution in [0.4, 0.5) is 5.69 Å². The highest BCUT2D eigenvalue weighted by atomic mass is 35.5. The van der Waals surface area contributed by atoms with Gasteiger partial charge >= 0.3 is 0 Å². The van der Waals surface area contributed by atoms with Gasteiger partial charge in [0.05, 0.1) is 23.7 Å². The Balaban J connectivity index is 1.56. The van der Waals surface area contributed by atoms with E-state index >= 15 is 0 Å². The number of ether oxygens (including phenoxy) is 1. The van der Waals surface area contributed by atoms with E-state index in [0.29, 0.717) is 17.3 Å². The average molecular weight is 513 g/mol. The van der Waals surface area contributed by atoms with E-state index in [0.717, 1.165) is 29.8 Å². The molecule has 1 aliphatic heterocycles. The lowest BCUT2D eigenvalue weighted by Gasteiger charge is -2.27. The van der Waals surface area contributed by atoms with E-state index < -0.39 is 10.0 Å². The van der Waals surface area contributed by atoms with Gasteiger partial charge < -0.3 is 9.64 Å². The van der Waals surface area contributed by atoms with E-state index in [1.807, 2.05) is 55.5 Å². The van der Waals surface area contributed by atoms with Gasteiger partial charge in [0.2, 0.25) is 0 Å². The number of likely N-dealkylation sites (tertiary alicyclic amines) is 1. The molecule has 1 aliphatic rings. The van der Waals surface area contributed by atoms with Crippen molar-refractivity contribution >= 4 is 27.3 Å². The smallest absolute Gasteiger partial charge is 0.264 e. The molecule has 0 radical (unpaired) electrons. The van der Waals surface area contributed by atoms with Crippen molar-refractivity contribution in [3.8, 4) is 5.75 Å². The van der Waals surface area contributed by atoms with Gasteiger partial charge in [0.1, 0.15) is 5.75 Å². The summed E-state index contributed by atoms with van der Waals surface area (Å²) < 4.78 is 35.2. The molecule has 1 heterocycles. The Kier molecular flexibility index (Phi) is 8.71. The minimum atomic E-state index is -3.84. The molecule has 4 rings (SSSR count). The van der Waals surface area contributed by atoms with Gasteiger partial charge in [-0.15, -0.1) is 0 Å². The molecule has 35 heavy (non-hydrogen) atoms. The third kappa shape index (κ3) is 6.57. The van der Waals surface area contributed by atoms with Crippen LogP contribution in [0.3, 0.4) is 0 Å². The lowest BCUT2D eigenvalue weighted by atomic mass is 10.1. The van der Waals surface area contributed by atoms with E-state index in [2.05, 4.69) is 4.90 Å². The van der Waals surface area contributed by atoms with E-state index in [9.17, 15) is 8.42 Å². The first-order valence-electron chi connectivity index (χ1n) is 12.2. The summed E-state index contributed by atoms with van der Waals surface area (Å²) in [5.74, 6) is 0.719. The second kappa shape index (κ2) is 11.9. The van der Waals surface area contributed by atoms with Crippen LogP contribution in [0.15, 0.2) is 77.7 Å². The molecule has 0 bridgehead atoms. The SMILES string of the molecule is Cc1ccccc1N(Cc1ccccc1OCCCN1CCCCC1)S(=O)(=O)c1ccc(Cl)cc1. The number of aryl methyl sites for hydroxylation is 1. The van der Waals surface area contributed by atoms with Crippen molar-refractivity contribution in [2.24, 2.45) is 0 Å². The Hall–Kier alpha value is -2.54. The van der Waals surface area contributed by atoms with Gasteiger partial charge in [-0.2, -0.15) is 0 Å². The van der Waals surface area contributed by atoms with Gasteiger partial charge in [-0.05, 0) is 81.2 Å². The number of hydrogen-bond acceptors (Lipinski definition) is 4. The Bertz CT molecular complexity index is 1210. The van der Waals surface area contributed by atoms with Crippen LogP contribution in [0.2, 0.25) is 5.02 Å². The normalized spacial score (nSPS) is 14.6. The van der Waals surface area contributed by atoms with Crippen LogP contribution in [0.25, 0.3) is 0 Å². The molecule has 3 aromatic rings. The average Bonchev–Trinajstić information content (AvgIpc) is 2.87. The molecule has 0 atom stereocenters. The molecule has 3 aromatic carbocycles. The maximum Gasteiger partial charge on any atom is 0.264 e. The lowest BCUT2D eigenvalue weighted by molar-refractivity contribution is 0.204. The number of hydrogen-bond donors (Lipinski definition) is 0. The molecule has 0 amide bonds. The molecule has 1 fully saturated rings. The number of nitrogens with zero attached hydrogens (tertiary/aromatic N) is 2. The van der Waals surface area contributed by atoms with Crippen LogP contribution < -0.4 is 9.04 Å². The largest absolute Gasteiger partial charge is 0.493 e. The number of para-hydroxylation sites is 2. The summed E-state index contributed by atoms with van der Waals surface area (Å²) in [5.41, 5.74) is 2.35. The fraction of sp³-hybridized carbons (Fsp3) is 0.357. The molecule has 1 saturated heterocycles. The predicted octanol–water partition coefficient (Wildman–Crippen LogP) is 6.30.